The van der Waals surface area contributed by atoms with Crippen molar-refractivity contribution in [1.82, 2.24) is 0 Å². The van der Waals surface area contributed by atoms with Crippen LogP contribution in [0.3, 0.4) is 0 Å². The molecule has 19 heavy (non-hydrogen) atoms. The van der Waals surface area contributed by atoms with Crippen LogP contribution < -0.4 is 5.73 Å². The third-order valence-corrected chi connectivity index (χ3v) is 3.94. The van der Waals surface area contributed by atoms with Crippen molar-refractivity contribution >= 4 is 11.6 Å². The predicted molar refractivity (Wildman–Crippen MR) is 77.0 cm³/mol. The smallest absolute Gasteiger partial charge is 0.266 e. The van der Waals surface area contributed by atoms with Crippen LogP contribution in [0.4, 0.5) is 0 Å². The number of primary amides is 1. The maximum absolute atomic E-state index is 11.1. The highest BCUT2D eigenvalue weighted by atomic mass is 16.1. The van der Waals surface area contributed by atoms with Crippen molar-refractivity contribution in [2.24, 2.45) is 17.6 Å². The molecule has 1 saturated carbocycles. The molecule has 0 aromatic heterocycles. The molecule has 0 radical (unpaired) electrons. The summed E-state index contributed by atoms with van der Waals surface area (Å²) in [6.07, 6.45) is 4.84. The molecule has 3 N–H and O–H groups in total. The van der Waals surface area contributed by atoms with Crippen molar-refractivity contribution < 1.29 is 4.79 Å². The second-order valence-corrected chi connectivity index (χ2v) is 5.32. The molecule has 1 amide bonds. The highest BCUT2D eigenvalue weighted by molar-refractivity contribution is 6.41. The number of nitrogens with one attached hydrogen (secondary N) is 1. The Balaban J connectivity index is 2.20. The number of nitrogens with two attached hydrogens (primary N) is 1. The topological polar surface area (TPSA) is 66.9 Å². The number of hydrogen-bond donors (Lipinski definition) is 2. The lowest BCUT2D eigenvalue weighted by Gasteiger charge is -2.36. The van der Waals surface area contributed by atoms with E-state index in [4.69, 9.17) is 11.1 Å². The van der Waals surface area contributed by atoms with E-state index in [1.54, 1.807) is 6.08 Å². The number of amides is 1. The number of hydrogen-bond acceptors (Lipinski definition) is 2. The minimum Gasteiger partial charge on any atom is -0.364 e. The molecule has 1 aromatic rings. The summed E-state index contributed by atoms with van der Waals surface area (Å²) in [5.74, 6) is 0.466. The minimum atomic E-state index is -0.655. The molecule has 1 aliphatic rings. The zero-order valence-electron chi connectivity index (χ0n) is 11.2. The fourth-order valence-corrected chi connectivity index (χ4v) is 2.59. The van der Waals surface area contributed by atoms with Gasteiger partial charge in [0.15, 0.2) is 0 Å². The molecule has 3 nitrogen and oxygen atoms in total. The molecular formula is C16H20N2O. The number of carbonyl (C=O) groups is 1. The standard InChI is InChI=1S/C16H20N2O/c1-11-7-8-14(11)13(10-15(17)16(18)19)9-12-5-3-2-4-6-12/h2-6,10-11,14,17H,7-9H2,1H3,(H2,18,19)/b13-10-,17-15?. The molecule has 2 rings (SSSR count). The van der Waals surface area contributed by atoms with Crippen molar-refractivity contribution in [3.63, 3.8) is 0 Å². The Bertz CT molecular complexity index is 505. The van der Waals surface area contributed by atoms with Gasteiger partial charge in [0.05, 0.1) is 0 Å². The SMILES string of the molecule is CC1CCC1/C(=C\C(=N)C(N)=O)Cc1ccccc1. The van der Waals surface area contributed by atoms with Crippen molar-refractivity contribution in [3.8, 4) is 0 Å². The number of benzene rings is 1. The first-order valence-electron chi connectivity index (χ1n) is 6.70. The third-order valence-electron chi connectivity index (χ3n) is 3.94. The molecule has 2 unspecified atom stereocenters. The fourth-order valence-electron chi connectivity index (χ4n) is 2.59. The number of rotatable bonds is 5. The van der Waals surface area contributed by atoms with Gasteiger partial charge < -0.3 is 5.73 Å². The van der Waals surface area contributed by atoms with E-state index in [-0.39, 0.29) is 5.71 Å². The van der Waals surface area contributed by atoms with E-state index in [1.165, 1.54) is 12.0 Å². The van der Waals surface area contributed by atoms with Gasteiger partial charge in [0.2, 0.25) is 0 Å². The molecule has 0 spiro atoms. The van der Waals surface area contributed by atoms with Crippen molar-refractivity contribution in [2.45, 2.75) is 26.2 Å². The van der Waals surface area contributed by atoms with Crippen molar-refractivity contribution in [2.75, 3.05) is 0 Å². The molecule has 0 saturated heterocycles. The average Bonchev–Trinajstić information content (AvgIpc) is 2.37. The molecule has 0 heterocycles. The molecule has 0 bridgehead atoms. The first-order chi connectivity index (χ1) is 9.08. The zero-order valence-corrected chi connectivity index (χ0v) is 11.2. The van der Waals surface area contributed by atoms with Gasteiger partial charge in [-0.2, -0.15) is 0 Å². The Morgan fingerprint density at radius 2 is 2.05 bits per heavy atom. The van der Waals surface area contributed by atoms with Crippen molar-refractivity contribution in [3.05, 3.63) is 47.5 Å². The Hall–Kier alpha value is -1.90. The van der Waals surface area contributed by atoms with Gasteiger partial charge in [0.1, 0.15) is 5.71 Å². The molecule has 1 aromatic carbocycles. The highest BCUT2D eigenvalue weighted by Gasteiger charge is 2.30. The first kappa shape index (κ1) is 13.5. The fraction of sp³-hybridized carbons (Fsp3) is 0.375. The summed E-state index contributed by atoms with van der Waals surface area (Å²) in [5.41, 5.74) is 7.45. The summed E-state index contributed by atoms with van der Waals surface area (Å²) >= 11 is 0. The van der Waals surface area contributed by atoms with Crippen LogP contribution in [0, 0.1) is 17.2 Å². The first-order valence-corrected chi connectivity index (χ1v) is 6.70. The summed E-state index contributed by atoms with van der Waals surface area (Å²) in [5, 5.41) is 7.65. The van der Waals surface area contributed by atoms with E-state index < -0.39 is 5.91 Å². The molecule has 100 valence electrons. The highest BCUT2D eigenvalue weighted by Crippen LogP contribution is 2.40. The molecule has 0 aliphatic heterocycles. The lowest BCUT2D eigenvalue weighted by atomic mass is 9.69. The van der Waals surface area contributed by atoms with Gasteiger partial charge in [-0.25, -0.2) is 0 Å². The number of allylic oxidation sites excluding steroid dienone is 1. The van der Waals surface area contributed by atoms with Gasteiger partial charge >= 0.3 is 0 Å². The molecular weight excluding hydrogens is 236 g/mol. The number of carbonyl (C=O) groups excluding carboxylic acids is 1. The third kappa shape index (κ3) is 3.31. The van der Waals surface area contributed by atoms with E-state index in [0.29, 0.717) is 11.8 Å². The van der Waals surface area contributed by atoms with Gasteiger partial charge in [-0.3, -0.25) is 10.2 Å². The van der Waals surface area contributed by atoms with Crippen molar-refractivity contribution in [1.29, 1.82) is 5.41 Å². The van der Waals surface area contributed by atoms with Crippen LogP contribution in [-0.4, -0.2) is 11.6 Å². The summed E-state index contributed by atoms with van der Waals surface area (Å²) in [4.78, 5) is 11.1. The van der Waals surface area contributed by atoms with Crippen LogP contribution in [0.5, 0.6) is 0 Å². The Labute approximate surface area is 114 Å². The van der Waals surface area contributed by atoms with Gasteiger partial charge in [-0.1, -0.05) is 42.8 Å². The van der Waals surface area contributed by atoms with E-state index in [1.807, 2.05) is 18.2 Å². The van der Waals surface area contributed by atoms with E-state index in [2.05, 4.69) is 19.1 Å². The van der Waals surface area contributed by atoms with Crippen LogP contribution in [-0.2, 0) is 11.2 Å². The summed E-state index contributed by atoms with van der Waals surface area (Å²) in [7, 11) is 0. The monoisotopic (exact) mass is 256 g/mol. The second-order valence-electron chi connectivity index (χ2n) is 5.32. The summed E-state index contributed by atoms with van der Waals surface area (Å²) in [6.45, 7) is 2.22. The Morgan fingerprint density at radius 3 is 2.53 bits per heavy atom. The van der Waals surface area contributed by atoms with Crippen LogP contribution in [0.25, 0.3) is 0 Å². The maximum atomic E-state index is 11.1. The van der Waals surface area contributed by atoms with Crippen LogP contribution in [0.1, 0.15) is 25.3 Å². The lowest BCUT2D eigenvalue weighted by Crippen LogP contribution is -2.28. The van der Waals surface area contributed by atoms with Crippen LogP contribution >= 0.6 is 0 Å². The second kappa shape index (κ2) is 5.83. The van der Waals surface area contributed by atoms with E-state index >= 15 is 0 Å². The average molecular weight is 256 g/mol. The maximum Gasteiger partial charge on any atom is 0.266 e. The predicted octanol–water partition coefficient (Wildman–Crippen LogP) is 2.71. The molecule has 1 aliphatic carbocycles. The van der Waals surface area contributed by atoms with Crippen LogP contribution in [0.2, 0.25) is 0 Å². The largest absolute Gasteiger partial charge is 0.364 e. The normalized spacial score (nSPS) is 22.7. The molecule has 1 fully saturated rings. The zero-order chi connectivity index (χ0) is 13.8. The van der Waals surface area contributed by atoms with Gasteiger partial charge in [-0.15, -0.1) is 0 Å². The molecule has 3 heteroatoms. The Morgan fingerprint density at radius 1 is 1.37 bits per heavy atom. The van der Waals surface area contributed by atoms with Gasteiger partial charge in [0, 0.05) is 0 Å². The minimum absolute atomic E-state index is 0.0926. The summed E-state index contributed by atoms with van der Waals surface area (Å²) < 4.78 is 0. The van der Waals surface area contributed by atoms with E-state index in [0.717, 1.165) is 18.4 Å². The Kier molecular flexibility index (Phi) is 4.15. The van der Waals surface area contributed by atoms with Gasteiger partial charge in [0.25, 0.3) is 5.91 Å². The quantitative estimate of drug-likeness (QED) is 0.781. The van der Waals surface area contributed by atoms with Gasteiger partial charge in [-0.05, 0) is 42.7 Å². The van der Waals surface area contributed by atoms with E-state index in [9.17, 15) is 4.79 Å². The lowest BCUT2D eigenvalue weighted by molar-refractivity contribution is -0.111. The molecule has 2 atom stereocenters. The van der Waals surface area contributed by atoms with Crippen LogP contribution in [0.15, 0.2) is 42.0 Å². The summed E-state index contributed by atoms with van der Waals surface area (Å²) in [6, 6.07) is 10.2.